The van der Waals surface area contributed by atoms with E-state index in [0.29, 0.717) is 18.4 Å². The average molecular weight is 206 g/mol. The molecular weight excluding hydrogens is 192 g/mol. The highest BCUT2D eigenvalue weighted by Gasteiger charge is 2.76. The number of hydrogen-bond acceptors (Lipinski definition) is 3. The molecule has 3 rings (SSSR count). The van der Waals surface area contributed by atoms with Crippen molar-refractivity contribution in [1.29, 1.82) is 0 Å². The van der Waals surface area contributed by atoms with Crippen LogP contribution in [0.5, 0.6) is 0 Å². The van der Waals surface area contributed by atoms with Crippen molar-refractivity contribution in [2.45, 2.75) is 19.1 Å². The molecule has 0 aromatic rings. The molecule has 0 amide bonds. The Morgan fingerprint density at radius 1 is 1.53 bits per heavy atom. The third-order valence-corrected chi connectivity index (χ3v) is 3.95. The summed E-state index contributed by atoms with van der Waals surface area (Å²) in [7, 11) is 0. The fourth-order valence-corrected chi connectivity index (χ4v) is 3.13. The van der Waals surface area contributed by atoms with Crippen molar-refractivity contribution < 1.29 is 14.3 Å². The van der Waals surface area contributed by atoms with Crippen molar-refractivity contribution in [2.75, 3.05) is 6.61 Å². The van der Waals surface area contributed by atoms with Gasteiger partial charge in [0, 0.05) is 11.8 Å². The van der Waals surface area contributed by atoms with E-state index in [1.54, 1.807) is 6.08 Å². The van der Waals surface area contributed by atoms with Gasteiger partial charge in [-0.15, -0.1) is 0 Å². The molecule has 4 atom stereocenters. The first-order valence-corrected chi connectivity index (χ1v) is 5.31. The molecular formula is C12H14O3. The average Bonchev–Trinajstić information content (AvgIpc) is 2.65. The van der Waals surface area contributed by atoms with Crippen molar-refractivity contribution in [1.82, 2.24) is 0 Å². The van der Waals surface area contributed by atoms with Crippen LogP contribution >= 0.6 is 0 Å². The Hall–Kier alpha value is -1.09. The molecule has 2 aliphatic heterocycles. The van der Waals surface area contributed by atoms with Crippen LogP contribution < -0.4 is 0 Å². The zero-order chi connectivity index (χ0) is 10.6. The summed E-state index contributed by atoms with van der Waals surface area (Å²) in [6, 6.07) is 0. The van der Waals surface area contributed by atoms with Crippen LogP contribution in [0.2, 0.25) is 0 Å². The van der Waals surface area contributed by atoms with Crippen molar-refractivity contribution in [3.05, 3.63) is 24.8 Å². The molecule has 1 aliphatic carbocycles. The van der Waals surface area contributed by atoms with E-state index in [4.69, 9.17) is 9.47 Å². The molecule has 3 heteroatoms. The molecule has 3 nitrogen and oxygen atoms in total. The van der Waals surface area contributed by atoms with Crippen LogP contribution in [0.4, 0.5) is 0 Å². The third-order valence-electron chi connectivity index (χ3n) is 3.95. The maximum atomic E-state index is 11.9. The van der Waals surface area contributed by atoms with Gasteiger partial charge >= 0.3 is 5.97 Å². The minimum atomic E-state index is -0.319. The van der Waals surface area contributed by atoms with E-state index in [1.165, 1.54) is 0 Å². The van der Waals surface area contributed by atoms with Gasteiger partial charge in [-0.2, -0.15) is 0 Å². The molecule has 80 valence electrons. The highest BCUT2D eigenvalue weighted by molar-refractivity contribution is 5.82. The Morgan fingerprint density at radius 3 is 2.67 bits per heavy atom. The maximum absolute atomic E-state index is 11.9. The fourth-order valence-electron chi connectivity index (χ4n) is 3.13. The third kappa shape index (κ3) is 0.965. The van der Waals surface area contributed by atoms with Gasteiger partial charge in [0.05, 0.1) is 17.6 Å². The van der Waals surface area contributed by atoms with Crippen LogP contribution in [0.3, 0.4) is 0 Å². The predicted octanol–water partition coefficient (Wildman–Crippen LogP) is 1.31. The monoisotopic (exact) mass is 206 g/mol. The first-order valence-electron chi connectivity index (χ1n) is 5.31. The molecule has 15 heavy (non-hydrogen) atoms. The highest BCUT2D eigenvalue weighted by atomic mass is 16.5. The Labute approximate surface area is 88.7 Å². The normalized spacial score (nSPS) is 48.9. The maximum Gasteiger partial charge on any atom is 0.312 e. The minimum absolute atomic E-state index is 0.0978. The van der Waals surface area contributed by atoms with E-state index in [-0.39, 0.29) is 23.6 Å². The quantitative estimate of drug-likeness (QED) is 0.516. The Kier molecular flexibility index (Phi) is 1.67. The summed E-state index contributed by atoms with van der Waals surface area (Å²) in [4.78, 5) is 11.9. The molecule has 0 spiro atoms. The molecule has 0 N–H and O–H groups in total. The van der Waals surface area contributed by atoms with Crippen molar-refractivity contribution in [2.24, 2.45) is 17.3 Å². The lowest BCUT2D eigenvalue weighted by Crippen LogP contribution is -2.27. The largest absolute Gasteiger partial charge is 0.461 e. The number of carbonyl (C=O) groups is 1. The van der Waals surface area contributed by atoms with Crippen molar-refractivity contribution in [3.63, 3.8) is 0 Å². The van der Waals surface area contributed by atoms with Gasteiger partial charge in [0.15, 0.2) is 0 Å². The Bertz CT molecular complexity index is 340. The number of hydrogen-bond donors (Lipinski definition) is 0. The predicted molar refractivity (Wildman–Crippen MR) is 54.0 cm³/mol. The van der Waals surface area contributed by atoms with E-state index in [9.17, 15) is 4.79 Å². The summed E-state index contributed by atoms with van der Waals surface area (Å²) in [5.41, 5.74) is -0.319. The van der Waals surface area contributed by atoms with Gasteiger partial charge in [-0.1, -0.05) is 24.8 Å². The molecule has 3 aliphatic rings. The van der Waals surface area contributed by atoms with Gasteiger partial charge in [0.25, 0.3) is 0 Å². The molecule has 2 heterocycles. The summed E-state index contributed by atoms with van der Waals surface area (Å²) < 4.78 is 10.8. The Morgan fingerprint density at radius 2 is 2.13 bits per heavy atom. The summed E-state index contributed by atoms with van der Waals surface area (Å²) in [6.07, 6.45) is 6.01. The van der Waals surface area contributed by atoms with E-state index in [1.807, 2.05) is 6.92 Å². The van der Waals surface area contributed by atoms with Crippen LogP contribution in [0.1, 0.15) is 6.92 Å². The second-order valence-corrected chi connectivity index (χ2v) is 4.67. The zero-order valence-corrected chi connectivity index (χ0v) is 8.68. The molecule has 1 saturated carbocycles. The SMILES string of the molecule is C=CCOC(=O)C1(C)[C@@H]2[C@@H]1[C@H]1C=C[C@H]2O1. The smallest absolute Gasteiger partial charge is 0.312 e. The van der Waals surface area contributed by atoms with Gasteiger partial charge in [-0.3, -0.25) is 4.79 Å². The second-order valence-electron chi connectivity index (χ2n) is 4.67. The van der Waals surface area contributed by atoms with Gasteiger partial charge in [0.1, 0.15) is 6.61 Å². The lowest BCUT2D eigenvalue weighted by atomic mass is 10.0. The molecule has 2 bridgehead atoms. The minimum Gasteiger partial charge on any atom is -0.461 e. The van der Waals surface area contributed by atoms with Crippen molar-refractivity contribution >= 4 is 5.97 Å². The topological polar surface area (TPSA) is 35.5 Å². The van der Waals surface area contributed by atoms with E-state index < -0.39 is 0 Å². The summed E-state index contributed by atoms with van der Waals surface area (Å²) in [6.45, 7) is 5.83. The molecule has 0 aromatic carbocycles. The van der Waals surface area contributed by atoms with E-state index in [2.05, 4.69) is 18.7 Å². The lowest BCUT2D eigenvalue weighted by molar-refractivity contribution is -0.151. The number of fused-ring (bicyclic) bond motifs is 5. The van der Waals surface area contributed by atoms with Gasteiger partial charge < -0.3 is 9.47 Å². The number of rotatable bonds is 3. The first-order chi connectivity index (χ1) is 7.19. The molecule has 0 unspecified atom stereocenters. The number of carbonyl (C=O) groups excluding carboxylic acids is 1. The number of esters is 1. The van der Waals surface area contributed by atoms with Crippen molar-refractivity contribution in [3.8, 4) is 0 Å². The van der Waals surface area contributed by atoms with Crippen LogP contribution in [0, 0.1) is 17.3 Å². The van der Waals surface area contributed by atoms with Crippen LogP contribution in [0.25, 0.3) is 0 Å². The van der Waals surface area contributed by atoms with Crippen LogP contribution in [-0.2, 0) is 14.3 Å². The fraction of sp³-hybridized carbons (Fsp3) is 0.583. The van der Waals surface area contributed by atoms with Gasteiger partial charge in [-0.05, 0) is 6.92 Å². The standard InChI is InChI=1S/C12H14O3/c1-3-6-14-11(13)12(2)9-7-4-5-8(15-7)10(9)12/h3-5,7-10H,1,6H2,2H3/t7-,8-,9+,10+/m1/s1. The summed E-state index contributed by atoms with van der Waals surface area (Å²) >= 11 is 0. The summed E-state index contributed by atoms with van der Waals surface area (Å²) in [5, 5.41) is 0. The number of ether oxygens (including phenoxy) is 2. The van der Waals surface area contributed by atoms with Gasteiger partial charge in [0.2, 0.25) is 0 Å². The van der Waals surface area contributed by atoms with Crippen LogP contribution in [-0.4, -0.2) is 24.8 Å². The Balaban J connectivity index is 1.74. The molecule has 1 saturated heterocycles. The van der Waals surface area contributed by atoms with E-state index in [0.717, 1.165) is 0 Å². The zero-order valence-electron chi connectivity index (χ0n) is 8.68. The van der Waals surface area contributed by atoms with E-state index >= 15 is 0 Å². The van der Waals surface area contributed by atoms with Crippen LogP contribution in [0.15, 0.2) is 24.8 Å². The van der Waals surface area contributed by atoms with Gasteiger partial charge in [-0.25, -0.2) is 0 Å². The second kappa shape index (κ2) is 2.73. The lowest BCUT2D eigenvalue weighted by Gasteiger charge is -2.17. The molecule has 2 fully saturated rings. The molecule has 0 aromatic heterocycles. The first kappa shape index (κ1) is 9.16. The summed E-state index contributed by atoms with van der Waals surface area (Å²) in [5.74, 6) is 0.578. The highest BCUT2D eigenvalue weighted by Crippen LogP contribution is 2.69. The molecule has 0 radical (unpaired) electrons.